The number of alkyl halides is 1. The lowest BCUT2D eigenvalue weighted by molar-refractivity contribution is 0.000303. The van der Waals surface area contributed by atoms with Crippen LogP contribution in [-0.2, 0) is 10.6 Å². The van der Waals surface area contributed by atoms with E-state index in [0.29, 0.717) is 11.8 Å². The second-order valence-corrected chi connectivity index (χ2v) is 4.97. The van der Waals surface area contributed by atoms with Crippen LogP contribution < -0.4 is 0 Å². The standard InChI is InChI=1S/C13H21ClN2O/c1-2-17-12(10-6-4-3-5-7-10)13-15-9-11(8-14)16-13/h9-10,12H,2-8H2,1H3,(H,15,16). The maximum absolute atomic E-state index is 5.89. The number of rotatable bonds is 5. The second-order valence-electron chi connectivity index (χ2n) is 4.70. The Balaban J connectivity index is 2.09. The van der Waals surface area contributed by atoms with E-state index in [-0.39, 0.29) is 6.10 Å². The minimum atomic E-state index is 0.122. The molecular weight excluding hydrogens is 236 g/mol. The van der Waals surface area contributed by atoms with E-state index in [1.807, 2.05) is 13.1 Å². The third kappa shape index (κ3) is 3.23. The van der Waals surface area contributed by atoms with E-state index in [1.165, 1.54) is 32.1 Å². The Bertz CT molecular complexity index is 334. The van der Waals surface area contributed by atoms with Crippen molar-refractivity contribution in [3.05, 3.63) is 17.7 Å². The number of aromatic amines is 1. The highest BCUT2D eigenvalue weighted by Gasteiger charge is 2.27. The van der Waals surface area contributed by atoms with Crippen LogP contribution in [0, 0.1) is 5.92 Å². The van der Waals surface area contributed by atoms with Gasteiger partial charge < -0.3 is 9.72 Å². The van der Waals surface area contributed by atoms with Crippen molar-refractivity contribution in [2.45, 2.75) is 51.0 Å². The fraction of sp³-hybridized carbons (Fsp3) is 0.769. The van der Waals surface area contributed by atoms with Crippen molar-refractivity contribution in [1.29, 1.82) is 0 Å². The molecule has 1 N–H and O–H groups in total. The summed E-state index contributed by atoms with van der Waals surface area (Å²) in [6.07, 6.45) is 8.44. The van der Waals surface area contributed by atoms with Gasteiger partial charge in [-0.1, -0.05) is 19.3 Å². The van der Waals surface area contributed by atoms with Crippen molar-refractivity contribution in [1.82, 2.24) is 9.97 Å². The van der Waals surface area contributed by atoms with Crippen LogP contribution in [0.25, 0.3) is 0 Å². The molecule has 0 bridgehead atoms. The fourth-order valence-electron chi connectivity index (χ4n) is 2.64. The zero-order chi connectivity index (χ0) is 12.1. The highest BCUT2D eigenvalue weighted by atomic mass is 35.5. The van der Waals surface area contributed by atoms with E-state index < -0.39 is 0 Å². The molecule has 1 unspecified atom stereocenters. The summed E-state index contributed by atoms with van der Waals surface area (Å²) in [6, 6.07) is 0. The molecule has 1 atom stereocenters. The Labute approximate surface area is 108 Å². The van der Waals surface area contributed by atoms with Gasteiger partial charge >= 0.3 is 0 Å². The van der Waals surface area contributed by atoms with E-state index in [2.05, 4.69) is 9.97 Å². The van der Waals surface area contributed by atoms with Gasteiger partial charge in [-0.05, 0) is 25.7 Å². The van der Waals surface area contributed by atoms with Gasteiger partial charge in [-0.3, -0.25) is 0 Å². The molecule has 3 nitrogen and oxygen atoms in total. The third-order valence-corrected chi connectivity index (χ3v) is 3.77. The van der Waals surface area contributed by atoms with Crippen molar-refractivity contribution >= 4 is 11.6 Å². The molecule has 1 aliphatic carbocycles. The zero-order valence-corrected chi connectivity index (χ0v) is 11.2. The van der Waals surface area contributed by atoms with Gasteiger partial charge in [0.25, 0.3) is 0 Å². The largest absolute Gasteiger partial charge is 0.370 e. The first-order chi connectivity index (χ1) is 8.35. The van der Waals surface area contributed by atoms with Gasteiger partial charge in [-0.25, -0.2) is 4.98 Å². The molecule has 1 fully saturated rings. The molecule has 0 amide bonds. The van der Waals surface area contributed by atoms with Crippen LogP contribution in [0.4, 0.5) is 0 Å². The first-order valence-corrected chi connectivity index (χ1v) is 7.10. The molecule has 1 heterocycles. The molecule has 0 aromatic carbocycles. The van der Waals surface area contributed by atoms with Gasteiger partial charge in [-0.15, -0.1) is 11.6 Å². The summed E-state index contributed by atoms with van der Waals surface area (Å²) < 4.78 is 5.89. The van der Waals surface area contributed by atoms with Gasteiger partial charge in [0.05, 0.1) is 5.88 Å². The number of imidazole rings is 1. The number of aromatic nitrogens is 2. The van der Waals surface area contributed by atoms with Crippen LogP contribution in [0.2, 0.25) is 0 Å². The lowest BCUT2D eigenvalue weighted by Crippen LogP contribution is -2.20. The fourth-order valence-corrected chi connectivity index (χ4v) is 2.78. The van der Waals surface area contributed by atoms with Crippen molar-refractivity contribution in [3.8, 4) is 0 Å². The SMILES string of the molecule is CCOC(c1ncc(CCl)[nH]1)C1CCCCC1. The summed E-state index contributed by atoms with van der Waals surface area (Å²) in [5.41, 5.74) is 0.974. The van der Waals surface area contributed by atoms with Gasteiger partial charge in [-0.2, -0.15) is 0 Å². The van der Waals surface area contributed by atoms with Crippen LogP contribution in [0.15, 0.2) is 6.20 Å². The number of ether oxygens (including phenoxy) is 1. The highest BCUT2D eigenvalue weighted by Crippen LogP contribution is 2.35. The molecule has 1 aromatic rings. The van der Waals surface area contributed by atoms with E-state index in [9.17, 15) is 0 Å². The molecule has 0 saturated heterocycles. The minimum Gasteiger partial charge on any atom is -0.370 e. The topological polar surface area (TPSA) is 37.9 Å². The third-order valence-electron chi connectivity index (χ3n) is 3.49. The van der Waals surface area contributed by atoms with Crippen molar-refractivity contribution in [3.63, 3.8) is 0 Å². The first-order valence-electron chi connectivity index (χ1n) is 6.56. The monoisotopic (exact) mass is 256 g/mol. The summed E-state index contributed by atoms with van der Waals surface area (Å²) >= 11 is 5.80. The average Bonchev–Trinajstić information content (AvgIpc) is 2.85. The van der Waals surface area contributed by atoms with Gasteiger partial charge in [0.1, 0.15) is 11.9 Å². The second kappa shape index (κ2) is 6.41. The average molecular weight is 257 g/mol. The van der Waals surface area contributed by atoms with E-state index in [4.69, 9.17) is 16.3 Å². The molecular formula is C13H21ClN2O. The van der Waals surface area contributed by atoms with Crippen LogP contribution in [0.3, 0.4) is 0 Å². The van der Waals surface area contributed by atoms with Crippen LogP contribution in [0.5, 0.6) is 0 Å². The Kier molecular flexibility index (Phi) is 4.86. The minimum absolute atomic E-state index is 0.122. The number of halogens is 1. The smallest absolute Gasteiger partial charge is 0.135 e. The summed E-state index contributed by atoms with van der Waals surface area (Å²) in [5.74, 6) is 2.05. The summed E-state index contributed by atoms with van der Waals surface area (Å²) in [5, 5.41) is 0. The number of hydrogen-bond acceptors (Lipinski definition) is 2. The summed E-state index contributed by atoms with van der Waals surface area (Å²) in [4.78, 5) is 7.69. The first kappa shape index (κ1) is 12.9. The summed E-state index contributed by atoms with van der Waals surface area (Å²) in [7, 11) is 0. The highest BCUT2D eigenvalue weighted by molar-refractivity contribution is 6.16. The Morgan fingerprint density at radius 1 is 1.47 bits per heavy atom. The summed E-state index contributed by atoms with van der Waals surface area (Å²) in [6.45, 7) is 2.78. The molecule has 4 heteroatoms. The predicted octanol–water partition coefficient (Wildman–Crippen LogP) is 3.81. The molecule has 96 valence electrons. The molecule has 2 rings (SSSR count). The molecule has 0 spiro atoms. The van der Waals surface area contributed by atoms with E-state index in [1.54, 1.807) is 0 Å². The van der Waals surface area contributed by atoms with Crippen molar-refractivity contribution < 1.29 is 4.74 Å². The van der Waals surface area contributed by atoms with Gasteiger partial charge in [0.2, 0.25) is 0 Å². The normalized spacial score (nSPS) is 19.4. The van der Waals surface area contributed by atoms with Crippen LogP contribution >= 0.6 is 11.6 Å². The molecule has 17 heavy (non-hydrogen) atoms. The van der Waals surface area contributed by atoms with E-state index >= 15 is 0 Å². The van der Waals surface area contributed by atoms with Gasteiger partial charge in [0, 0.05) is 18.5 Å². The van der Waals surface area contributed by atoms with Crippen molar-refractivity contribution in [2.24, 2.45) is 5.92 Å². The van der Waals surface area contributed by atoms with Gasteiger partial charge in [0.15, 0.2) is 0 Å². The van der Waals surface area contributed by atoms with E-state index in [0.717, 1.165) is 18.1 Å². The molecule has 0 radical (unpaired) electrons. The Morgan fingerprint density at radius 2 is 2.24 bits per heavy atom. The van der Waals surface area contributed by atoms with Crippen molar-refractivity contribution in [2.75, 3.05) is 6.61 Å². The lowest BCUT2D eigenvalue weighted by Gasteiger charge is -2.28. The quantitative estimate of drug-likeness (QED) is 0.814. The molecule has 0 aliphatic heterocycles. The number of H-pyrrole nitrogens is 1. The van der Waals surface area contributed by atoms with Crippen LogP contribution in [-0.4, -0.2) is 16.6 Å². The number of nitrogens with one attached hydrogen (secondary N) is 1. The maximum atomic E-state index is 5.89. The number of hydrogen-bond donors (Lipinski definition) is 1. The van der Waals surface area contributed by atoms with Crippen LogP contribution in [0.1, 0.15) is 56.7 Å². The Morgan fingerprint density at radius 3 is 2.82 bits per heavy atom. The number of nitrogens with zero attached hydrogens (tertiary/aromatic N) is 1. The zero-order valence-electron chi connectivity index (χ0n) is 10.4. The molecule has 1 aromatic heterocycles. The maximum Gasteiger partial charge on any atom is 0.135 e. The lowest BCUT2D eigenvalue weighted by atomic mass is 9.85. The molecule has 1 aliphatic rings. The molecule has 1 saturated carbocycles. The Hall–Kier alpha value is -0.540. The predicted molar refractivity (Wildman–Crippen MR) is 69.1 cm³/mol.